The number of nitrogens with two attached hydrogens (primary N) is 2. The highest BCUT2D eigenvalue weighted by atomic mass is 79.9. The summed E-state index contributed by atoms with van der Waals surface area (Å²) in [5, 5.41) is 0. The molecular formula is C7H12BrN2+. The van der Waals surface area contributed by atoms with E-state index in [0.29, 0.717) is 0 Å². The van der Waals surface area contributed by atoms with E-state index in [2.05, 4.69) is 22.5 Å². The Balaban J connectivity index is 4.17. The van der Waals surface area contributed by atoms with Crippen LogP contribution in [0.3, 0.4) is 0 Å². The van der Waals surface area contributed by atoms with Crippen LogP contribution in [0.25, 0.3) is 0 Å². The second-order valence-corrected chi connectivity index (χ2v) is 2.64. The molecule has 0 fully saturated rings. The summed E-state index contributed by atoms with van der Waals surface area (Å²) in [5.74, 6) is 5.14. The van der Waals surface area contributed by atoms with E-state index in [1.807, 2.05) is 13.0 Å². The summed E-state index contributed by atoms with van der Waals surface area (Å²) in [6, 6.07) is 0. The van der Waals surface area contributed by atoms with Crippen LogP contribution < -0.4 is 11.3 Å². The highest BCUT2D eigenvalue weighted by Gasteiger charge is 1.88. The Labute approximate surface area is 69.6 Å². The topological polar surface area (TPSA) is 42.6 Å². The zero-order valence-corrected chi connectivity index (χ0v) is 7.56. The fraction of sp³-hybridized carbons (Fsp3) is 0.143. The zero-order valence-electron chi connectivity index (χ0n) is 5.97. The van der Waals surface area contributed by atoms with Gasteiger partial charge in [0, 0.05) is 4.48 Å². The molecule has 0 amide bonds. The third-order valence-corrected chi connectivity index (χ3v) is 1.96. The van der Waals surface area contributed by atoms with Crippen molar-refractivity contribution in [2.75, 3.05) is 0 Å². The van der Waals surface area contributed by atoms with Gasteiger partial charge in [-0.2, -0.15) is 5.84 Å². The molecule has 0 saturated heterocycles. The van der Waals surface area contributed by atoms with Gasteiger partial charge in [0.1, 0.15) is 6.20 Å². The Bertz CT molecular complexity index is 170. The van der Waals surface area contributed by atoms with Crippen molar-refractivity contribution < 1.29 is 5.43 Å². The Morgan fingerprint density at radius 1 is 1.70 bits per heavy atom. The lowest BCUT2D eigenvalue weighted by atomic mass is 10.3. The Morgan fingerprint density at radius 2 is 2.30 bits per heavy atom. The normalized spacial score (nSPS) is 13.5. The van der Waals surface area contributed by atoms with Crippen LogP contribution in [0.2, 0.25) is 0 Å². The minimum atomic E-state index is 0.991. The van der Waals surface area contributed by atoms with Crippen LogP contribution >= 0.6 is 15.9 Å². The summed E-state index contributed by atoms with van der Waals surface area (Å²) in [7, 11) is 0. The number of allylic oxidation sites excluding steroid dienone is 4. The van der Waals surface area contributed by atoms with E-state index in [0.717, 1.165) is 10.1 Å². The molecule has 0 rings (SSSR count). The molecule has 3 heteroatoms. The van der Waals surface area contributed by atoms with Gasteiger partial charge in [0.05, 0.1) is 0 Å². The quantitative estimate of drug-likeness (QED) is 0.398. The monoisotopic (exact) mass is 203 g/mol. The minimum Gasteiger partial charge on any atom is -0.246 e. The molecule has 56 valence electrons. The molecule has 0 aromatic rings. The molecule has 0 radical (unpaired) electrons. The Morgan fingerprint density at radius 3 is 2.70 bits per heavy atom. The van der Waals surface area contributed by atoms with E-state index in [4.69, 9.17) is 5.84 Å². The molecule has 10 heavy (non-hydrogen) atoms. The van der Waals surface area contributed by atoms with Gasteiger partial charge in [-0.1, -0.05) is 28.6 Å². The number of hydrogen-bond acceptors (Lipinski definition) is 1. The molecule has 4 N–H and O–H groups in total. The van der Waals surface area contributed by atoms with Crippen LogP contribution in [0.4, 0.5) is 0 Å². The molecule has 0 unspecified atom stereocenters. The lowest BCUT2D eigenvalue weighted by Crippen LogP contribution is -2.85. The first-order valence-corrected chi connectivity index (χ1v) is 3.72. The molecule has 0 aliphatic carbocycles. The first-order valence-electron chi connectivity index (χ1n) is 2.92. The molecule has 2 nitrogen and oxygen atoms in total. The zero-order chi connectivity index (χ0) is 7.98. The molecule has 0 heterocycles. The smallest absolute Gasteiger partial charge is 0.112 e. The summed E-state index contributed by atoms with van der Waals surface area (Å²) >= 11 is 3.33. The number of halogens is 1. The van der Waals surface area contributed by atoms with Crippen molar-refractivity contribution >= 4 is 15.9 Å². The average Bonchev–Trinajstić information content (AvgIpc) is 1.98. The van der Waals surface area contributed by atoms with Gasteiger partial charge in [0.2, 0.25) is 0 Å². The van der Waals surface area contributed by atoms with Gasteiger partial charge in [0.25, 0.3) is 0 Å². The summed E-state index contributed by atoms with van der Waals surface area (Å²) in [4.78, 5) is 0. The fourth-order valence-electron chi connectivity index (χ4n) is 0.440. The summed E-state index contributed by atoms with van der Waals surface area (Å²) in [5.41, 5.74) is 2.60. The molecule has 0 aliphatic heterocycles. The van der Waals surface area contributed by atoms with E-state index in [9.17, 15) is 0 Å². The van der Waals surface area contributed by atoms with Crippen molar-refractivity contribution in [3.63, 3.8) is 0 Å². The third kappa shape index (κ3) is 3.61. The largest absolute Gasteiger partial charge is 0.246 e. The van der Waals surface area contributed by atoms with E-state index in [1.165, 1.54) is 5.43 Å². The molecule has 0 aromatic carbocycles. The highest BCUT2D eigenvalue weighted by Crippen LogP contribution is 2.12. The second kappa shape index (κ2) is 5.41. The minimum absolute atomic E-state index is 0.991. The number of hydrogen-bond donors (Lipinski definition) is 2. The first-order chi connectivity index (χ1) is 4.72. The predicted octanol–water partition coefficient (Wildman–Crippen LogP) is 0.792. The van der Waals surface area contributed by atoms with E-state index < -0.39 is 0 Å². The van der Waals surface area contributed by atoms with Gasteiger partial charge >= 0.3 is 0 Å². The second-order valence-electron chi connectivity index (χ2n) is 1.79. The Hall–Kier alpha value is -0.380. The van der Waals surface area contributed by atoms with E-state index in [-0.39, 0.29) is 0 Å². The van der Waals surface area contributed by atoms with Gasteiger partial charge in [-0.05, 0) is 18.6 Å². The standard InChI is InChI=1S/C7H11BrN2/c1-3-7(8)6(2)4-5-10-9/h3-5,10H,1,9H2,2H3/p+1/b5-4-,7-6+. The van der Waals surface area contributed by atoms with E-state index >= 15 is 0 Å². The van der Waals surface area contributed by atoms with Crippen LogP contribution in [-0.4, -0.2) is 0 Å². The van der Waals surface area contributed by atoms with Crippen LogP contribution in [-0.2, 0) is 0 Å². The van der Waals surface area contributed by atoms with Crippen molar-refractivity contribution in [1.82, 2.24) is 0 Å². The van der Waals surface area contributed by atoms with E-state index in [1.54, 1.807) is 12.3 Å². The lowest BCUT2D eigenvalue weighted by Gasteiger charge is -1.91. The lowest BCUT2D eigenvalue weighted by molar-refractivity contribution is -0.600. The summed E-state index contributed by atoms with van der Waals surface area (Å²) in [6.45, 7) is 5.59. The first kappa shape index (κ1) is 9.62. The average molecular weight is 204 g/mol. The van der Waals surface area contributed by atoms with Crippen molar-refractivity contribution in [3.8, 4) is 0 Å². The predicted molar refractivity (Wildman–Crippen MR) is 47.1 cm³/mol. The van der Waals surface area contributed by atoms with Crippen molar-refractivity contribution in [2.45, 2.75) is 6.92 Å². The van der Waals surface area contributed by atoms with Gasteiger partial charge in [-0.15, -0.1) is 0 Å². The van der Waals surface area contributed by atoms with Crippen LogP contribution in [0.15, 0.2) is 35.0 Å². The molecule has 0 atom stereocenters. The van der Waals surface area contributed by atoms with Gasteiger partial charge < -0.3 is 0 Å². The molecule has 0 aromatic heterocycles. The van der Waals surface area contributed by atoms with Crippen molar-refractivity contribution in [1.29, 1.82) is 0 Å². The van der Waals surface area contributed by atoms with Crippen LogP contribution in [0, 0.1) is 0 Å². The van der Waals surface area contributed by atoms with Gasteiger partial charge in [0.15, 0.2) is 0 Å². The maximum Gasteiger partial charge on any atom is 0.112 e. The number of quaternary nitrogens is 1. The molecule has 0 spiro atoms. The molecular weight excluding hydrogens is 192 g/mol. The van der Waals surface area contributed by atoms with Crippen LogP contribution in [0.1, 0.15) is 6.92 Å². The molecule has 0 aliphatic rings. The van der Waals surface area contributed by atoms with Crippen molar-refractivity contribution in [2.24, 2.45) is 5.84 Å². The molecule has 0 bridgehead atoms. The van der Waals surface area contributed by atoms with Gasteiger partial charge in [-0.25, -0.2) is 5.43 Å². The Kier molecular flexibility index (Phi) is 5.20. The summed E-state index contributed by atoms with van der Waals surface area (Å²) < 4.78 is 0.991. The number of rotatable bonds is 3. The maximum atomic E-state index is 5.14. The van der Waals surface area contributed by atoms with Gasteiger partial charge in [-0.3, -0.25) is 0 Å². The fourth-order valence-corrected chi connectivity index (χ4v) is 0.573. The maximum absolute atomic E-state index is 5.14. The van der Waals surface area contributed by atoms with Crippen molar-refractivity contribution in [3.05, 3.63) is 35.0 Å². The van der Waals surface area contributed by atoms with Crippen LogP contribution in [0.5, 0.6) is 0 Å². The molecule has 0 saturated carbocycles. The summed E-state index contributed by atoms with van der Waals surface area (Å²) in [6.07, 6.45) is 5.43. The third-order valence-electron chi connectivity index (χ3n) is 1.01. The highest BCUT2D eigenvalue weighted by molar-refractivity contribution is 9.11. The SMILES string of the molecule is C=C/C(Br)=C(C)\C=C/[NH2+]N.